The van der Waals surface area contributed by atoms with Gasteiger partial charge in [-0.1, -0.05) is 13.3 Å². The normalized spacial score (nSPS) is 30.7. The summed E-state index contributed by atoms with van der Waals surface area (Å²) < 4.78 is 4.87. The maximum Gasteiger partial charge on any atom is 0.327 e. The van der Waals surface area contributed by atoms with Crippen LogP contribution in [0.3, 0.4) is 0 Å². The highest BCUT2D eigenvalue weighted by Crippen LogP contribution is 2.45. The molecule has 0 aromatic carbocycles. The second-order valence-corrected chi connectivity index (χ2v) is 5.64. The van der Waals surface area contributed by atoms with E-state index in [0.717, 1.165) is 11.3 Å². The quantitative estimate of drug-likeness (QED) is 0.732. The molecule has 3 atom stereocenters. The summed E-state index contributed by atoms with van der Waals surface area (Å²) in [5.41, 5.74) is 0. The second kappa shape index (κ2) is 5.91. The Morgan fingerprint density at radius 3 is 2.30 bits per heavy atom. The lowest BCUT2D eigenvalue weighted by atomic mass is 10.00. The summed E-state index contributed by atoms with van der Waals surface area (Å²) in [4.78, 5) is 37.0. The minimum atomic E-state index is -1.14. The highest BCUT2D eigenvalue weighted by atomic mass is 16.5. The summed E-state index contributed by atoms with van der Waals surface area (Å²) in [5.74, 6) is -1.97. The first kappa shape index (κ1) is 15.0. The van der Waals surface area contributed by atoms with Gasteiger partial charge in [-0.05, 0) is 18.8 Å². The van der Waals surface area contributed by atoms with E-state index in [1.807, 2.05) is 0 Å². The number of carboxylic acid groups (broad SMARTS) is 1. The van der Waals surface area contributed by atoms with Crippen LogP contribution in [-0.4, -0.2) is 47.5 Å². The Morgan fingerprint density at radius 1 is 1.35 bits per heavy atom. The van der Waals surface area contributed by atoms with Crippen LogP contribution in [0, 0.1) is 17.8 Å². The molecule has 1 aliphatic carbocycles. The lowest BCUT2D eigenvalue weighted by Gasteiger charge is -2.24. The molecule has 6 nitrogen and oxygen atoms in total. The number of carbonyl (C=O) groups excluding carboxylic acids is 2. The number of nitrogens with zero attached hydrogens (tertiary/aromatic N) is 1. The molecule has 2 amide bonds. The monoisotopic (exact) mass is 283 g/mol. The van der Waals surface area contributed by atoms with E-state index in [-0.39, 0.29) is 36.7 Å². The Labute approximate surface area is 118 Å². The molecule has 1 saturated heterocycles. The van der Waals surface area contributed by atoms with Crippen molar-refractivity contribution in [1.82, 2.24) is 4.90 Å². The van der Waals surface area contributed by atoms with Crippen LogP contribution in [-0.2, 0) is 19.1 Å². The van der Waals surface area contributed by atoms with Crippen molar-refractivity contribution >= 4 is 17.8 Å². The number of amides is 2. The van der Waals surface area contributed by atoms with Crippen LogP contribution >= 0.6 is 0 Å². The zero-order chi connectivity index (χ0) is 14.9. The fourth-order valence-corrected chi connectivity index (χ4v) is 3.39. The minimum absolute atomic E-state index is 0.139. The number of imide groups is 1. The van der Waals surface area contributed by atoms with Gasteiger partial charge in [-0.25, -0.2) is 4.79 Å². The molecule has 1 aliphatic heterocycles. The van der Waals surface area contributed by atoms with Crippen LogP contribution in [0.2, 0.25) is 0 Å². The number of hydrogen-bond donors (Lipinski definition) is 1. The minimum Gasteiger partial charge on any atom is -0.480 e. The number of likely N-dealkylation sites (tertiary alicyclic amines) is 1. The van der Waals surface area contributed by atoms with Gasteiger partial charge in [-0.15, -0.1) is 0 Å². The van der Waals surface area contributed by atoms with Crippen molar-refractivity contribution in [3.63, 3.8) is 0 Å². The highest BCUT2D eigenvalue weighted by Gasteiger charge is 2.55. The number of methoxy groups -OCH3 is 1. The Morgan fingerprint density at radius 2 is 1.90 bits per heavy atom. The second-order valence-electron chi connectivity index (χ2n) is 5.64. The van der Waals surface area contributed by atoms with Gasteiger partial charge in [-0.2, -0.15) is 0 Å². The lowest BCUT2D eigenvalue weighted by molar-refractivity contribution is -0.156. The Hall–Kier alpha value is -1.43. The van der Waals surface area contributed by atoms with Gasteiger partial charge in [0, 0.05) is 20.1 Å². The van der Waals surface area contributed by atoms with Crippen LogP contribution in [0.4, 0.5) is 0 Å². The van der Waals surface area contributed by atoms with Crippen molar-refractivity contribution in [2.24, 2.45) is 17.8 Å². The zero-order valence-electron chi connectivity index (χ0n) is 11.9. The van der Waals surface area contributed by atoms with E-state index in [4.69, 9.17) is 4.74 Å². The van der Waals surface area contributed by atoms with E-state index >= 15 is 0 Å². The first-order chi connectivity index (χ1) is 9.51. The molecule has 0 radical (unpaired) electrons. The van der Waals surface area contributed by atoms with Crippen LogP contribution in [0.1, 0.15) is 32.6 Å². The fourth-order valence-electron chi connectivity index (χ4n) is 3.39. The number of ether oxygens (including phenoxy) is 1. The summed E-state index contributed by atoms with van der Waals surface area (Å²) in [6.07, 6.45) is 2.51. The number of aliphatic carboxylic acids is 1. The van der Waals surface area contributed by atoms with Gasteiger partial charge in [0.2, 0.25) is 11.8 Å². The average molecular weight is 283 g/mol. The Balaban J connectivity index is 2.16. The molecule has 1 N–H and O–H groups in total. The van der Waals surface area contributed by atoms with E-state index < -0.39 is 12.0 Å². The lowest BCUT2D eigenvalue weighted by Crippen LogP contribution is -2.46. The largest absolute Gasteiger partial charge is 0.480 e. The Kier molecular flexibility index (Phi) is 4.42. The molecule has 0 aromatic rings. The molecular weight excluding hydrogens is 262 g/mol. The van der Waals surface area contributed by atoms with E-state index in [9.17, 15) is 19.5 Å². The van der Waals surface area contributed by atoms with Crippen LogP contribution in [0.25, 0.3) is 0 Å². The third-order valence-electron chi connectivity index (χ3n) is 4.54. The molecule has 2 fully saturated rings. The van der Waals surface area contributed by atoms with Crippen molar-refractivity contribution < 1.29 is 24.2 Å². The van der Waals surface area contributed by atoms with Crippen molar-refractivity contribution in [2.45, 2.75) is 38.6 Å². The summed E-state index contributed by atoms with van der Waals surface area (Å²) in [7, 11) is 1.47. The molecule has 0 spiro atoms. The number of fused-ring (bicyclic) bond motifs is 1. The van der Waals surface area contributed by atoms with Gasteiger partial charge in [0.15, 0.2) is 0 Å². The number of hydrogen-bond acceptors (Lipinski definition) is 4. The topological polar surface area (TPSA) is 83.9 Å². The summed E-state index contributed by atoms with van der Waals surface area (Å²) in [6.45, 7) is 2.26. The van der Waals surface area contributed by atoms with Crippen LogP contribution < -0.4 is 0 Å². The smallest absolute Gasteiger partial charge is 0.327 e. The van der Waals surface area contributed by atoms with Gasteiger partial charge >= 0.3 is 5.97 Å². The molecule has 2 aliphatic rings. The molecule has 1 heterocycles. The van der Waals surface area contributed by atoms with Crippen molar-refractivity contribution in [3.05, 3.63) is 0 Å². The molecule has 1 saturated carbocycles. The van der Waals surface area contributed by atoms with Crippen LogP contribution in [0.5, 0.6) is 0 Å². The van der Waals surface area contributed by atoms with Gasteiger partial charge < -0.3 is 9.84 Å². The predicted octanol–water partition coefficient (Wildman–Crippen LogP) is 0.897. The molecule has 0 bridgehead atoms. The number of rotatable bonds is 6. The highest BCUT2D eigenvalue weighted by molar-refractivity contribution is 6.08. The number of carboxylic acids is 1. The predicted molar refractivity (Wildman–Crippen MR) is 69.8 cm³/mol. The molecule has 20 heavy (non-hydrogen) atoms. The van der Waals surface area contributed by atoms with E-state index in [2.05, 4.69) is 6.92 Å². The van der Waals surface area contributed by atoms with Gasteiger partial charge in [0.05, 0.1) is 11.8 Å². The molecular formula is C14H21NO5. The van der Waals surface area contributed by atoms with Gasteiger partial charge in [-0.3, -0.25) is 14.5 Å². The van der Waals surface area contributed by atoms with E-state index in [1.165, 1.54) is 7.11 Å². The first-order valence-corrected chi connectivity index (χ1v) is 7.09. The van der Waals surface area contributed by atoms with Crippen molar-refractivity contribution in [2.75, 3.05) is 13.7 Å². The molecule has 6 heteroatoms. The number of carbonyl (C=O) groups is 3. The third kappa shape index (κ3) is 2.44. The molecule has 3 unspecified atom stereocenters. The molecule has 0 aromatic heterocycles. The van der Waals surface area contributed by atoms with Gasteiger partial charge in [0.25, 0.3) is 0 Å². The van der Waals surface area contributed by atoms with Crippen LogP contribution in [0.15, 0.2) is 0 Å². The summed E-state index contributed by atoms with van der Waals surface area (Å²) in [6, 6.07) is -1.10. The maximum atomic E-state index is 12.4. The molecule has 112 valence electrons. The van der Waals surface area contributed by atoms with Crippen molar-refractivity contribution in [3.8, 4) is 0 Å². The zero-order valence-corrected chi connectivity index (χ0v) is 11.9. The first-order valence-electron chi connectivity index (χ1n) is 7.09. The fraction of sp³-hybridized carbons (Fsp3) is 0.786. The average Bonchev–Trinajstić information content (AvgIpc) is 2.93. The third-order valence-corrected chi connectivity index (χ3v) is 4.54. The van der Waals surface area contributed by atoms with Gasteiger partial charge in [0.1, 0.15) is 6.04 Å². The maximum absolute atomic E-state index is 12.4. The van der Waals surface area contributed by atoms with Crippen molar-refractivity contribution in [1.29, 1.82) is 0 Å². The summed E-state index contributed by atoms with van der Waals surface area (Å²) in [5, 5.41) is 9.26. The Bertz CT molecular complexity index is 398. The van der Waals surface area contributed by atoms with E-state index in [0.29, 0.717) is 18.8 Å². The standard InChI is InChI=1S/C14H21NO5/c1-3-8-6-9-10(7-8)13(17)15(12(9)16)11(14(18)19)4-5-20-2/h8-11H,3-7H2,1-2H3,(H,18,19). The SMILES string of the molecule is CCC1CC2C(=O)N(C(CCOC)C(=O)O)C(=O)C2C1. The summed E-state index contributed by atoms with van der Waals surface area (Å²) >= 11 is 0. The van der Waals surface area contributed by atoms with E-state index in [1.54, 1.807) is 0 Å². The molecule has 2 rings (SSSR count).